The number of carbonyl (C=O) groups excluding carboxylic acids is 1. The van der Waals surface area contributed by atoms with E-state index in [1.165, 1.54) is 0 Å². The Morgan fingerprint density at radius 2 is 1.82 bits per heavy atom. The highest BCUT2D eigenvalue weighted by molar-refractivity contribution is 6.00. The minimum absolute atomic E-state index is 0.0895. The van der Waals surface area contributed by atoms with Crippen LogP contribution in [0.4, 0.5) is 5.69 Å². The first-order valence-electron chi connectivity index (χ1n) is 6.57. The minimum Gasteiger partial charge on any atom is -0.497 e. The van der Waals surface area contributed by atoms with Crippen molar-refractivity contribution in [2.75, 3.05) is 12.8 Å². The van der Waals surface area contributed by atoms with Crippen LogP contribution in [-0.2, 0) is 4.84 Å². The highest BCUT2D eigenvalue weighted by atomic mass is 16.7. The summed E-state index contributed by atoms with van der Waals surface area (Å²) in [7, 11) is 1.55. The standard InChI is InChI=1S/C16H17N3O3/c1-10-13(4-3-5-14(10)17)15(18)19-22-16(20)11-6-8-12(21-2)9-7-11/h3-9H,17H2,1-2H3,(H2,18,19). The fourth-order valence-electron chi connectivity index (χ4n) is 1.85. The van der Waals surface area contributed by atoms with E-state index in [0.717, 1.165) is 5.56 Å². The van der Waals surface area contributed by atoms with Gasteiger partial charge in [0.05, 0.1) is 12.7 Å². The number of ether oxygens (including phenoxy) is 1. The molecule has 0 saturated carbocycles. The first-order chi connectivity index (χ1) is 10.5. The van der Waals surface area contributed by atoms with Gasteiger partial charge in [0, 0.05) is 11.3 Å². The lowest BCUT2D eigenvalue weighted by molar-refractivity contribution is 0.0516. The van der Waals surface area contributed by atoms with Crippen molar-refractivity contribution in [1.29, 1.82) is 0 Å². The van der Waals surface area contributed by atoms with Crippen LogP contribution >= 0.6 is 0 Å². The number of benzene rings is 2. The number of methoxy groups -OCH3 is 1. The van der Waals surface area contributed by atoms with Gasteiger partial charge in [-0.15, -0.1) is 0 Å². The Labute approximate surface area is 128 Å². The van der Waals surface area contributed by atoms with E-state index in [4.69, 9.17) is 21.0 Å². The van der Waals surface area contributed by atoms with Crippen LogP contribution in [-0.4, -0.2) is 18.9 Å². The molecule has 0 unspecified atom stereocenters. The second kappa shape index (κ2) is 6.62. The lowest BCUT2D eigenvalue weighted by atomic mass is 10.1. The SMILES string of the molecule is COc1ccc(C(=O)O/N=C(\N)c2cccc(N)c2C)cc1. The van der Waals surface area contributed by atoms with Gasteiger partial charge in [-0.25, -0.2) is 4.79 Å². The van der Waals surface area contributed by atoms with E-state index >= 15 is 0 Å². The summed E-state index contributed by atoms with van der Waals surface area (Å²) in [5.41, 5.74) is 14.0. The zero-order valence-corrected chi connectivity index (χ0v) is 12.4. The van der Waals surface area contributed by atoms with E-state index in [2.05, 4.69) is 5.16 Å². The van der Waals surface area contributed by atoms with Crippen molar-refractivity contribution in [2.24, 2.45) is 10.9 Å². The number of amidine groups is 1. The lowest BCUT2D eigenvalue weighted by Crippen LogP contribution is -2.17. The van der Waals surface area contributed by atoms with Crippen molar-refractivity contribution < 1.29 is 14.4 Å². The van der Waals surface area contributed by atoms with Crippen LogP contribution in [0.15, 0.2) is 47.6 Å². The number of oxime groups is 1. The van der Waals surface area contributed by atoms with Crippen molar-refractivity contribution in [2.45, 2.75) is 6.92 Å². The van der Waals surface area contributed by atoms with Gasteiger partial charge in [-0.2, -0.15) is 0 Å². The average Bonchev–Trinajstić information content (AvgIpc) is 2.55. The molecule has 0 heterocycles. The Hall–Kier alpha value is -3.02. The Balaban J connectivity index is 2.12. The molecule has 0 bridgehead atoms. The average molecular weight is 299 g/mol. The topological polar surface area (TPSA) is 99.9 Å². The summed E-state index contributed by atoms with van der Waals surface area (Å²) >= 11 is 0. The van der Waals surface area contributed by atoms with E-state index in [0.29, 0.717) is 22.6 Å². The number of carbonyl (C=O) groups is 1. The third-order valence-electron chi connectivity index (χ3n) is 3.20. The van der Waals surface area contributed by atoms with Crippen molar-refractivity contribution in [1.82, 2.24) is 0 Å². The van der Waals surface area contributed by atoms with Crippen LogP contribution in [0.5, 0.6) is 5.75 Å². The second-order valence-electron chi connectivity index (χ2n) is 4.60. The number of rotatable bonds is 4. The van der Waals surface area contributed by atoms with Crippen LogP contribution in [0.2, 0.25) is 0 Å². The molecule has 114 valence electrons. The van der Waals surface area contributed by atoms with E-state index < -0.39 is 5.97 Å². The Morgan fingerprint density at radius 3 is 2.45 bits per heavy atom. The van der Waals surface area contributed by atoms with E-state index in [-0.39, 0.29) is 5.84 Å². The molecule has 2 aromatic rings. The van der Waals surface area contributed by atoms with Crippen molar-refractivity contribution in [3.05, 3.63) is 59.2 Å². The molecule has 6 heteroatoms. The molecule has 0 aliphatic carbocycles. The molecule has 0 spiro atoms. The molecular weight excluding hydrogens is 282 g/mol. The van der Waals surface area contributed by atoms with Crippen LogP contribution in [0, 0.1) is 6.92 Å². The van der Waals surface area contributed by atoms with Gasteiger partial charge in [-0.05, 0) is 42.8 Å². The summed E-state index contributed by atoms with van der Waals surface area (Å²) in [6, 6.07) is 11.8. The molecule has 0 fully saturated rings. The van der Waals surface area contributed by atoms with Crippen LogP contribution in [0.3, 0.4) is 0 Å². The molecular formula is C16H17N3O3. The van der Waals surface area contributed by atoms with Crippen LogP contribution < -0.4 is 16.2 Å². The zero-order valence-electron chi connectivity index (χ0n) is 12.4. The molecule has 22 heavy (non-hydrogen) atoms. The smallest absolute Gasteiger partial charge is 0.365 e. The highest BCUT2D eigenvalue weighted by Gasteiger charge is 2.10. The summed E-state index contributed by atoms with van der Waals surface area (Å²) in [6.45, 7) is 1.82. The van der Waals surface area contributed by atoms with E-state index in [9.17, 15) is 4.79 Å². The third-order valence-corrected chi connectivity index (χ3v) is 3.20. The number of anilines is 1. The van der Waals surface area contributed by atoms with Crippen molar-refractivity contribution >= 4 is 17.5 Å². The predicted octanol–water partition coefficient (Wildman–Crippen LogP) is 2.06. The van der Waals surface area contributed by atoms with Gasteiger partial charge >= 0.3 is 5.97 Å². The largest absolute Gasteiger partial charge is 0.497 e. The quantitative estimate of drug-likeness (QED) is 0.296. The molecule has 0 aliphatic heterocycles. The predicted molar refractivity (Wildman–Crippen MR) is 84.7 cm³/mol. The first-order valence-corrected chi connectivity index (χ1v) is 6.57. The van der Waals surface area contributed by atoms with Gasteiger partial charge in [-0.3, -0.25) is 0 Å². The fraction of sp³-hybridized carbons (Fsp3) is 0.125. The maximum Gasteiger partial charge on any atom is 0.365 e. The van der Waals surface area contributed by atoms with E-state index in [1.807, 2.05) is 6.92 Å². The fourth-order valence-corrected chi connectivity index (χ4v) is 1.85. The molecule has 0 aromatic heterocycles. The van der Waals surface area contributed by atoms with Crippen LogP contribution in [0.25, 0.3) is 0 Å². The monoisotopic (exact) mass is 299 g/mol. The molecule has 4 N–H and O–H groups in total. The van der Waals surface area contributed by atoms with Gasteiger partial charge in [0.1, 0.15) is 5.75 Å². The second-order valence-corrected chi connectivity index (χ2v) is 4.60. The van der Waals surface area contributed by atoms with Crippen molar-refractivity contribution in [3.8, 4) is 5.75 Å². The first kappa shape index (κ1) is 15.4. The maximum atomic E-state index is 11.9. The molecule has 6 nitrogen and oxygen atoms in total. The van der Waals surface area contributed by atoms with Crippen molar-refractivity contribution in [3.63, 3.8) is 0 Å². The summed E-state index contributed by atoms with van der Waals surface area (Å²) in [5.74, 6) is 0.133. The van der Waals surface area contributed by atoms with Gasteiger partial charge in [0.25, 0.3) is 0 Å². The molecule has 2 aromatic carbocycles. The van der Waals surface area contributed by atoms with Crippen LogP contribution in [0.1, 0.15) is 21.5 Å². The van der Waals surface area contributed by atoms with Gasteiger partial charge in [-0.1, -0.05) is 17.3 Å². The Bertz CT molecular complexity index is 709. The van der Waals surface area contributed by atoms with Gasteiger partial charge in [0.15, 0.2) is 5.84 Å². The number of hydrogen-bond acceptors (Lipinski definition) is 5. The van der Waals surface area contributed by atoms with E-state index in [1.54, 1.807) is 49.6 Å². The Kier molecular flexibility index (Phi) is 4.63. The number of nitrogens with two attached hydrogens (primary N) is 2. The number of nitrogen functional groups attached to an aromatic ring is 1. The summed E-state index contributed by atoms with van der Waals surface area (Å²) in [4.78, 5) is 16.7. The van der Waals surface area contributed by atoms with Gasteiger partial charge < -0.3 is 21.0 Å². The zero-order chi connectivity index (χ0) is 16.1. The molecule has 0 atom stereocenters. The molecule has 2 rings (SSSR count). The summed E-state index contributed by atoms with van der Waals surface area (Å²) < 4.78 is 5.02. The normalized spacial score (nSPS) is 11.1. The number of hydrogen-bond donors (Lipinski definition) is 2. The molecule has 0 radical (unpaired) electrons. The summed E-state index contributed by atoms with van der Waals surface area (Å²) in [5, 5.41) is 3.67. The highest BCUT2D eigenvalue weighted by Crippen LogP contribution is 2.16. The van der Waals surface area contributed by atoms with Gasteiger partial charge in [0.2, 0.25) is 0 Å². The molecule has 0 amide bonds. The molecule has 0 aliphatic rings. The third kappa shape index (κ3) is 3.35. The summed E-state index contributed by atoms with van der Waals surface area (Å²) in [6.07, 6.45) is 0. The minimum atomic E-state index is -0.604. The maximum absolute atomic E-state index is 11.9. The Morgan fingerprint density at radius 1 is 1.14 bits per heavy atom. The molecule has 0 saturated heterocycles. The lowest BCUT2D eigenvalue weighted by Gasteiger charge is -2.07. The number of nitrogens with zero attached hydrogens (tertiary/aromatic N) is 1.